The van der Waals surface area contributed by atoms with Gasteiger partial charge < -0.3 is 15.8 Å². The fraction of sp³-hybridized carbons (Fsp3) is 0.172. The van der Waals surface area contributed by atoms with Crippen molar-refractivity contribution in [2.24, 2.45) is 0 Å². The number of nitrogens with two attached hydrogens (primary N) is 1. The number of carbonyl (C=O) groups excluding carboxylic acids is 1. The molecule has 8 heteroatoms. The molecule has 3 aromatic heterocycles. The summed E-state index contributed by atoms with van der Waals surface area (Å²) in [5.74, 6) is 2.44. The van der Waals surface area contributed by atoms with Crippen molar-refractivity contribution < 1.29 is 9.53 Å². The molecule has 0 radical (unpaired) electrons. The van der Waals surface area contributed by atoms with Crippen LogP contribution in [0, 0.1) is 0 Å². The molecule has 184 valence electrons. The summed E-state index contributed by atoms with van der Waals surface area (Å²) in [4.78, 5) is 25.9. The highest BCUT2D eigenvalue weighted by molar-refractivity contribution is 6.04. The highest BCUT2D eigenvalue weighted by Crippen LogP contribution is 2.39. The van der Waals surface area contributed by atoms with Crippen LogP contribution >= 0.6 is 0 Å². The Hall–Kier alpha value is -4.72. The molecule has 1 amide bonds. The van der Waals surface area contributed by atoms with Crippen LogP contribution in [0.1, 0.15) is 46.9 Å². The molecule has 1 aliphatic rings. The molecule has 8 nitrogen and oxygen atoms in total. The van der Waals surface area contributed by atoms with Gasteiger partial charge in [-0.1, -0.05) is 36.8 Å². The molecule has 1 saturated carbocycles. The number of nitrogens with zero attached hydrogens (tertiary/aromatic N) is 4. The SMILES string of the molecule is Nc1nccn2c(C3CCC3)nc(-c3cccc(OCc4ccccc4NC(=O)c4ccncc4)c3)c12. The third-order valence-corrected chi connectivity index (χ3v) is 6.79. The molecular formula is C29H26N6O2. The molecule has 0 spiro atoms. The van der Waals surface area contributed by atoms with Gasteiger partial charge in [0.25, 0.3) is 5.91 Å². The Morgan fingerprint density at radius 3 is 2.70 bits per heavy atom. The first-order valence-electron chi connectivity index (χ1n) is 12.3. The first-order chi connectivity index (χ1) is 18.2. The molecule has 0 unspecified atom stereocenters. The number of amides is 1. The van der Waals surface area contributed by atoms with E-state index in [0.29, 0.717) is 28.7 Å². The van der Waals surface area contributed by atoms with Gasteiger partial charge in [-0.15, -0.1) is 0 Å². The molecule has 3 heterocycles. The van der Waals surface area contributed by atoms with Gasteiger partial charge in [-0.05, 0) is 43.2 Å². The molecule has 1 fully saturated rings. The first-order valence-corrected chi connectivity index (χ1v) is 12.3. The van der Waals surface area contributed by atoms with Crippen molar-refractivity contribution in [2.45, 2.75) is 31.8 Å². The van der Waals surface area contributed by atoms with E-state index in [0.717, 1.165) is 41.0 Å². The van der Waals surface area contributed by atoms with Gasteiger partial charge in [-0.25, -0.2) is 9.97 Å². The van der Waals surface area contributed by atoms with Crippen LogP contribution in [0.3, 0.4) is 0 Å². The zero-order chi connectivity index (χ0) is 25.2. The number of hydrogen-bond donors (Lipinski definition) is 2. The van der Waals surface area contributed by atoms with E-state index in [4.69, 9.17) is 15.5 Å². The lowest BCUT2D eigenvalue weighted by Crippen LogP contribution is -2.13. The Labute approximate surface area is 214 Å². The molecule has 0 atom stereocenters. The van der Waals surface area contributed by atoms with E-state index < -0.39 is 0 Å². The Morgan fingerprint density at radius 1 is 1.05 bits per heavy atom. The van der Waals surface area contributed by atoms with Crippen molar-refractivity contribution in [2.75, 3.05) is 11.1 Å². The van der Waals surface area contributed by atoms with Crippen LogP contribution in [0.2, 0.25) is 0 Å². The number of nitrogens with one attached hydrogen (secondary N) is 1. The smallest absolute Gasteiger partial charge is 0.255 e. The van der Waals surface area contributed by atoms with Gasteiger partial charge in [-0.3, -0.25) is 14.2 Å². The Morgan fingerprint density at radius 2 is 1.89 bits per heavy atom. The second kappa shape index (κ2) is 9.73. The van der Waals surface area contributed by atoms with E-state index >= 15 is 0 Å². The summed E-state index contributed by atoms with van der Waals surface area (Å²) in [5, 5.41) is 2.97. The number of para-hydroxylation sites is 1. The topological polar surface area (TPSA) is 107 Å². The maximum atomic E-state index is 12.6. The van der Waals surface area contributed by atoms with E-state index in [1.165, 1.54) is 6.42 Å². The number of pyridine rings is 1. The van der Waals surface area contributed by atoms with Crippen LogP contribution in [0.15, 0.2) is 85.5 Å². The van der Waals surface area contributed by atoms with Crippen molar-refractivity contribution in [3.8, 4) is 17.0 Å². The molecular weight excluding hydrogens is 464 g/mol. The highest BCUT2D eigenvalue weighted by Gasteiger charge is 2.27. The normalized spacial score (nSPS) is 13.3. The van der Waals surface area contributed by atoms with Crippen LogP contribution < -0.4 is 15.8 Å². The van der Waals surface area contributed by atoms with Gasteiger partial charge in [0.2, 0.25) is 0 Å². The van der Waals surface area contributed by atoms with Crippen LogP contribution in [0.5, 0.6) is 5.75 Å². The number of aromatic nitrogens is 4. The van der Waals surface area contributed by atoms with Crippen molar-refractivity contribution >= 4 is 22.9 Å². The first kappa shape index (κ1) is 22.7. The van der Waals surface area contributed by atoms with E-state index in [-0.39, 0.29) is 12.5 Å². The van der Waals surface area contributed by atoms with Gasteiger partial charge in [0.1, 0.15) is 35.2 Å². The minimum atomic E-state index is -0.197. The maximum Gasteiger partial charge on any atom is 0.255 e. The quantitative estimate of drug-likeness (QED) is 0.313. The lowest BCUT2D eigenvalue weighted by atomic mass is 9.85. The van der Waals surface area contributed by atoms with Gasteiger partial charge >= 0.3 is 0 Å². The molecule has 37 heavy (non-hydrogen) atoms. The number of imidazole rings is 1. The van der Waals surface area contributed by atoms with Gasteiger partial charge in [-0.2, -0.15) is 0 Å². The fourth-order valence-electron chi connectivity index (χ4n) is 4.60. The van der Waals surface area contributed by atoms with Gasteiger partial charge in [0, 0.05) is 53.1 Å². The minimum Gasteiger partial charge on any atom is -0.489 e. The maximum absolute atomic E-state index is 12.6. The summed E-state index contributed by atoms with van der Waals surface area (Å²) >= 11 is 0. The van der Waals surface area contributed by atoms with E-state index in [9.17, 15) is 4.79 Å². The average Bonchev–Trinajstić information content (AvgIpc) is 3.28. The Kier molecular flexibility index (Phi) is 5.98. The zero-order valence-corrected chi connectivity index (χ0v) is 20.2. The van der Waals surface area contributed by atoms with Gasteiger partial charge in [0.15, 0.2) is 0 Å². The number of rotatable bonds is 7. The fourth-order valence-corrected chi connectivity index (χ4v) is 4.60. The monoisotopic (exact) mass is 490 g/mol. The molecule has 3 N–H and O–H groups in total. The predicted octanol–water partition coefficient (Wildman–Crippen LogP) is 5.47. The lowest BCUT2D eigenvalue weighted by molar-refractivity contribution is 0.102. The summed E-state index contributed by atoms with van der Waals surface area (Å²) < 4.78 is 8.25. The molecule has 1 aliphatic carbocycles. The van der Waals surface area contributed by atoms with Crippen LogP contribution in [0.4, 0.5) is 11.5 Å². The molecule has 5 aromatic rings. The second-order valence-electron chi connectivity index (χ2n) is 9.14. The van der Waals surface area contributed by atoms with E-state index in [1.807, 2.05) is 54.7 Å². The third kappa shape index (κ3) is 4.49. The number of ether oxygens (including phenoxy) is 1. The van der Waals surface area contributed by atoms with Crippen molar-refractivity contribution in [1.82, 2.24) is 19.4 Å². The predicted molar refractivity (Wildman–Crippen MR) is 142 cm³/mol. The summed E-state index contributed by atoms with van der Waals surface area (Å²) in [7, 11) is 0. The average molecular weight is 491 g/mol. The summed E-state index contributed by atoms with van der Waals surface area (Å²) in [5.41, 5.74) is 11.0. The Bertz CT molecular complexity index is 1580. The van der Waals surface area contributed by atoms with Crippen molar-refractivity contribution in [1.29, 1.82) is 0 Å². The highest BCUT2D eigenvalue weighted by atomic mass is 16.5. The lowest BCUT2D eigenvalue weighted by Gasteiger charge is -2.23. The van der Waals surface area contributed by atoms with Gasteiger partial charge in [0.05, 0.1) is 0 Å². The second-order valence-corrected chi connectivity index (χ2v) is 9.14. The number of fused-ring (bicyclic) bond motifs is 1. The van der Waals surface area contributed by atoms with Crippen molar-refractivity contribution in [3.05, 3.63) is 102 Å². The number of anilines is 2. The number of carbonyl (C=O) groups is 1. The van der Waals surface area contributed by atoms with Crippen LogP contribution in [-0.2, 0) is 6.61 Å². The van der Waals surface area contributed by atoms with Crippen LogP contribution in [-0.4, -0.2) is 25.3 Å². The molecule has 2 aromatic carbocycles. The Balaban J connectivity index is 1.25. The van der Waals surface area contributed by atoms with Crippen LogP contribution in [0.25, 0.3) is 16.8 Å². The van der Waals surface area contributed by atoms with E-state index in [1.54, 1.807) is 30.7 Å². The third-order valence-electron chi connectivity index (χ3n) is 6.79. The van der Waals surface area contributed by atoms with E-state index in [2.05, 4.69) is 19.7 Å². The molecule has 6 rings (SSSR count). The molecule has 0 saturated heterocycles. The number of hydrogen-bond acceptors (Lipinski definition) is 6. The number of nitrogen functional groups attached to an aromatic ring is 1. The number of benzene rings is 2. The summed E-state index contributed by atoms with van der Waals surface area (Å²) in [6.45, 7) is 0.289. The van der Waals surface area contributed by atoms with Crippen molar-refractivity contribution in [3.63, 3.8) is 0 Å². The zero-order valence-electron chi connectivity index (χ0n) is 20.2. The molecule has 0 aliphatic heterocycles. The molecule has 0 bridgehead atoms. The standard InChI is InChI=1S/C29H26N6O2/c30-27-26-25(34-28(19-6-3-7-19)35(26)16-15-32-27)21-8-4-9-23(17-21)37-18-22-5-1-2-10-24(22)33-29(36)20-11-13-31-14-12-20/h1-2,4-5,8-17,19H,3,6-7,18H2,(H2,30,32)(H,33,36). The summed E-state index contributed by atoms with van der Waals surface area (Å²) in [6, 6.07) is 18.8. The minimum absolute atomic E-state index is 0.197. The largest absolute Gasteiger partial charge is 0.489 e. The summed E-state index contributed by atoms with van der Waals surface area (Å²) in [6.07, 6.45) is 10.4.